The van der Waals surface area contributed by atoms with Gasteiger partial charge in [-0.05, 0) is 37.1 Å². The standard InChI is InChI=1S/C19H30N2O3/c1-19(2,3)18(22)20-15-7-6-8-21(13-15)12-14-9-16(23-4)11-17(10-14)24-5/h9-11,15H,6-8,12-13H2,1-5H3,(H,20,22). The zero-order valence-electron chi connectivity index (χ0n) is 15.5. The van der Waals surface area contributed by atoms with Gasteiger partial charge in [-0.2, -0.15) is 0 Å². The van der Waals surface area contributed by atoms with Gasteiger partial charge in [0.05, 0.1) is 14.2 Å². The predicted molar refractivity (Wildman–Crippen MR) is 95.4 cm³/mol. The van der Waals surface area contributed by atoms with Gasteiger partial charge in [-0.15, -0.1) is 0 Å². The van der Waals surface area contributed by atoms with Gasteiger partial charge < -0.3 is 14.8 Å². The van der Waals surface area contributed by atoms with Gasteiger partial charge in [0.2, 0.25) is 5.91 Å². The molecular weight excluding hydrogens is 304 g/mol. The van der Waals surface area contributed by atoms with Crippen LogP contribution in [0.3, 0.4) is 0 Å². The molecule has 1 N–H and O–H groups in total. The fourth-order valence-corrected chi connectivity index (χ4v) is 2.93. The summed E-state index contributed by atoms with van der Waals surface area (Å²) in [6.07, 6.45) is 2.13. The number of ether oxygens (including phenoxy) is 2. The largest absolute Gasteiger partial charge is 0.497 e. The van der Waals surface area contributed by atoms with E-state index < -0.39 is 0 Å². The molecule has 0 bridgehead atoms. The van der Waals surface area contributed by atoms with Crippen LogP contribution in [0.5, 0.6) is 11.5 Å². The van der Waals surface area contributed by atoms with Crippen LogP contribution < -0.4 is 14.8 Å². The maximum Gasteiger partial charge on any atom is 0.225 e. The molecule has 0 saturated carbocycles. The van der Waals surface area contributed by atoms with Crippen LogP contribution in [0.2, 0.25) is 0 Å². The van der Waals surface area contributed by atoms with E-state index in [4.69, 9.17) is 9.47 Å². The number of hydrogen-bond donors (Lipinski definition) is 1. The van der Waals surface area contributed by atoms with Crippen LogP contribution in [-0.4, -0.2) is 44.2 Å². The Bertz CT molecular complexity index is 544. The van der Waals surface area contributed by atoms with E-state index in [0.29, 0.717) is 0 Å². The van der Waals surface area contributed by atoms with Crippen LogP contribution in [0.1, 0.15) is 39.2 Å². The van der Waals surface area contributed by atoms with Gasteiger partial charge in [-0.3, -0.25) is 9.69 Å². The highest BCUT2D eigenvalue weighted by atomic mass is 16.5. The molecule has 2 rings (SSSR count). The second-order valence-corrected chi connectivity index (χ2v) is 7.52. The number of nitrogens with one attached hydrogen (secondary N) is 1. The van der Waals surface area contributed by atoms with Crippen LogP contribution in [0.15, 0.2) is 18.2 Å². The first-order chi connectivity index (χ1) is 11.3. The Morgan fingerprint density at radius 1 is 1.21 bits per heavy atom. The van der Waals surface area contributed by atoms with Gasteiger partial charge in [0, 0.05) is 30.6 Å². The van der Waals surface area contributed by atoms with Crippen molar-refractivity contribution in [1.82, 2.24) is 10.2 Å². The molecule has 1 fully saturated rings. The predicted octanol–water partition coefficient (Wildman–Crippen LogP) is 2.83. The van der Waals surface area contributed by atoms with Crippen molar-refractivity contribution in [1.29, 1.82) is 0 Å². The first-order valence-electron chi connectivity index (χ1n) is 8.57. The van der Waals surface area contributed by atoms with Crippen molar-refractivity contribution >= 4 is 5.91 Å². The molecule has 1 aliphatic rings. The molecule has 5 nitrogen and oxygen atoms in total. The number of nitrogens with zero attached hydrogens (tertiary/aromatic N) is 1. The summed E-state index contributed by atoms with van der Waals surface area (Å²) in [5.74, 6) is 1.73. The third-order valence-corrected chi connectivity index (χ3v) is 4.34. The van der Waals surface area contributed by atoms with E-state index in [9.17, 15) is 4.79 Å². The fraction of sp³-hybridized carbons (Fsp3) is 0.632. The maximum absolute atomic E-state index is 12.2. The molecule has 0 spiro atoms. The molecule has 1 saturated heterocycles. The Morgan fingerprint density at radius 2 is 1.83 bits per heavy atom. The molecule has 24 heavy (non-hydrogen) atoms. The lowest BCUT2D eigenvalue weighted by atomic mass is 9.94. The Balaban J connectivity index is 1.99. The number of amides is 1. The molecule has 0 radical (unpaired) electrons. The summed E-state index contributed by atoms with van der Waals surface area (Å²) in [7, 11) is 3.33. The second-order valence-electron chi connectivity index (χ2n) is 7.52. The summed E-state index contributed by atoms with van der Waals surface area (Å²) < 4.78 is 10.7. The van der Waals surface area contributed by atoms with Crippen LogP contribution in [0, 0.1) is 5.41 Å². The number of methoxy groups -OCH3 is 2. The van der Waals surface area contributed by atoms with Crippen molar-refractivity contribution in [3.8, 4) is 11.5 Å². The Hall–Kier alpha value is -1.75. The lowest BCUT2D eigenvalue weighted by Gasteiger charge is -2.34. The zero-order chi connectivity index (χ0) is 17.7. The highest BCUT2D eigenvalue weighted by Gasteiger charge is 2.27. The van der Waals surface area contributed by atoms with E-state index in [-0.39, 0.29) is 17.4 Å². The molecule has 1 aromatic carbocycles. The first kappa shape index (κ1) is 18.6. The van der Waals surface area contributed by atoms with Crippen LogP contribution in [-0.2, 0) is 11.3 Å². The van der Waals surface area contributed by atoms with Gasteiger partial charge in [-0.1, -0.05) is 20.8 Å². The number of carbonyl (C=O) groups is 1. The van der Waals surface area contributed by atoms with Gasteiger partial charge >= 0.3 is 0 Å². The van der Waals surface area contributed by atoms with Crippen molar-refractivity contribution in [2.45, 2.75) is 46.2 Å². The van der Waals surface area contributed by atoms with Crippen LogP contribution in [0.4, 0.5) is 0 Å². The first-order valence-corrected chi connectivity index (χ1v) is 8.57. The normalized spacial score (nSPS) is 19.0. The molecular formula is C19H30N2O3. The lowest BCUT2D eigenvalue weighted by molar-refractivity contribution is -0.129. The number of piperidine rings is 1. The smallest absolute Gasteiger partial charge is 0.225 e. The minimum absolute atomic E-state index is 0.123. The Labute approximate surface area is 145 Å². The van der Waals surface area contributed by atoms with Crippen LogP contribution >= 0.6 is 0 Å². The molecule has 1 amide bonds. The monoisotopic (exact) mass is 334 g/mol. The fourth-order valence-electron chi connectivity index (χ4n) is 2.93. The second kappa shape index (κ2) is 7.88. The molecule has 1 aromatic rings. The molecule has 0 aromatic heterocycles. The summed E-state index contributed by atoms with van der Waals surface area (Å²) in [4.78, 5) is 14.6. The van der Waals surface area contributed by atoms with E-state index in [1.165, 1.54) is 0 Å². The molecule has 1 unspecified atom stereocenters. The van der Waals surface area contributed by atoms with E-state index in [1.807, 2.05) is 39.0 Å². The summed E-state index contributed by atoms with van der Waals surface area (Å²) in [5, 5.41) is 3.19. The average Bonchev–Trinajstić information content (AvgIpc) is 2.53. The highest BCUT2D eigenvalue weighted by Crippen LogP contribution is 2.24. The number of likely N-dealkylation sites (tertiary alicyclic amines) is 1. The number of benzene rings is 1. The SMILES string of the molecule is COc1cc(CN2CCCC(NC(=O)C(C)(C)C)C2)cc(OC)c1. The van der Waals surface area contributed by atoms with E-state index in [0.717, 1.165) is 49.5 Å². The molecule has 5 heteroatoms. The molecule has 134 valence electrons. The summed E-state index contributed by atoms with van der Waals surface area (Å²) in [5.41, 5.74) is 0.816. The molecule has 0 aliphatic carbocycles. The summed E-state index contributed by atoms with van der Waals surface area (Å²) >= 11 is 0. The summed E-state index contributed by atoms with van der Waals surface area (Å²) in [6.45, 7) is 8.60. The summed E-state index contributed by atoms with van der Waals surface area (Å²) in [6, 6.07) is 6.18. The number of hydrogen-bond acceptors (Lipinski definition) is 4. The van der Waals surface area contributed by atoms with Crippen molar-refractivity contribution in [2.24, 2.45) is 5.41 Å². The molecule has 1 aliphatic heterocycles. The quantitative estimate of drug-likeness (QED) is 0.900. The van der Waals surface area contributed by atoms with Crippen molar-refractivity contribution in [2.75, 3.05) is 27.3 Å². The maximum atomic E-state index is 12.2. The lowest BCUT2D eigenvalue weighted by Crippen LogP contribution is -2.50. The zero-order valence-corrected chi connectivity index (χ0v) is 15.5. The van der Waals surface area contributed by atoms with Crippen molar-refractivity contribution < 1.29 is 14.3 Å². The molecule has 1 atom stereocenters. The topological polar surface area (TPSA) is 50.8 Å². The number of rotatable bonds is 5. The van der Waals surface area contributed by atoms with E-state index >= 15 is 0 Å². The van der Waals surface area contributed by atoms with Gasteiger partial charge in [0.15, 0.2) is 0 Å². The minimum atomic E-state index is -0.345. The third-order valence-electron chi connectivity index (χ3n) is 4.34. The minimum Gasteiger partial charge on any atom is -0.497 e. The van der Waals surface area contributed by atoms with E-state index in [2.05, 4.69) is 10.2 Å². The van der Waals surface area contributed by atoms with Gasteiger partial charge in [-0.25, -0.2) is 0 Å². The third kappa shape index (κ3) is 5.13. The number of carbonyl (C=O) groups excluding carboxylic acids is 1. The van der Waals surface area contributed by atoms with E-state index in [1.54, 1.807) is 14.2 Å². The highest BCUT2D eigenvalue weighted by molar-refractivity contribution is 5.81. The average molecular weight is 334 g/mol. The van der Waals surface area contributed by atoms with Crippen LogP contribution in [0.25, 0.3) is 0 Å². The van der Waals surface area contributed by atoms with Gasteiger partial charge in [0.1, 0.15) is 11.5 Å². The van der Waals surface area contributed by atoms with Crippen molar-refractivity contribution in [3.05, 3.63) is 23.8 Å². The Kier molecular flexibility index (Phi) is 6.10. The molecule has 1 heterocycles. The van der Waals surface area contributed by atoms with Gasteiger partial charge in [0.25, 0.3) is 0 Å². The van der Waals surface area contributed by atoms with Crippen molar-refractivity contribution in [3.63, 3.8) is 0 Å². The Morgan fingerprint density at radius 3 is 2.38 bits per heavy atom.